The largest absolute Gasteiger partial charge is 0.490 e. The van der Waals surface area contributed by atoms with Gasteiger partial charge in [-0.3, -0.25) is 4.79 Å². The van der Waals surface area contributed by atoms with E-state index in [9.17, 15) is 4.79 Å². The van der Waals surface area contributed by atoms with Gasteiger partial charge in [-0.15, -0.1) is 0 Å². The first-order valence-electron chi connectivity index (χ1n) is 10.6. The summed E-state index contributed by atoms with van der Waals surface area (Å²) in [5.41, 5.74) is 2.34. The normalized spacial score (nSPS) is 16.2. The van der Waals surface area contributed by atoms with Crippen LogP contribution < -0.4 is 15.6 Å². The molecule has 2 aromatic heterocycles. The van der Waals surface area contributed by atoms with Gasteiger partial charge in [-0.1, -0.05) is 29.8 Å². The van der Waals surface area contributed by atoms with Crippen molar-refractivity contribution in [3.63, 3.8) is 0 Å². The summed E-state index contributed by atoms with van der Waals surface area (Å²) >= 11 is 6.37. The number of ether oxygens (including phenoxy) is 2. The molecule has 1 unspecified atom stereocenters. The lowest BCUT2D eigenvalue weighted by atomic mass is 10.1. The summed E-state index contributed by atoms with van der Waals surface area (Å²) in [6, 6.07) is 11.3. The molecule has 1 aliphatic rings. The Morgan fingerprint density at radius 3 is 2.84 bits per heavy atom. The summed E-state index contributed by atoms with van der Waals surface area (Å²) in [7, 11) is 1.62. The van der Waals surface area contributed by atoms with Crippen LogP contribution in [-0.2, 0) is 11.2 Å². The summed E-state index contributed by atoms with van der Waals surface area (Å²) in [6.07, 6.45) is 1.35. The molecule has 2 aromatic carbocycles. The minimum Gasteiger partial charge on any atom is -0.490 e. The third-order valence-corrected chi connectivity index (χ3v) is 6.04. The van der Waals surface area contributed by atoms with Gasteiger partial charge in [0, 0.05) is 25.1 Å². The van der Waals surface area contributed by atoms with Gasteiger partial charge >= 0.3 is 0 Å². The maximum absolute atomic E-state index is 13.1. The Kier molecular flexibility index (Phi) is 5.82. The van der Waals surface area contributed by atoms with Crippen molar-refractivity contribution < 1.29 is 9.47 Å². The Bertz CT molecular complexity index is 1330. The molecule has 2 N–H and O–H groups in total. The van der Waals surface area contributed by atoms with Crippen molar-refractivity contribution in [2.45, 2.75) is 18.9 Å². The Labute approximate surface area is 189 Å². The first-order valence-corrected chi connectivity index (χ1v) is 11.0. The second-order valence-electron chi connectivity index (χ2n) is 7.89. The summed E-state index contributed by atoms with van der Waals surface area (Å²) < 4.78 is 12.4. The first kappa shape index (κ1) is 20.9. The van der Waals surface area contributed by atoms with Gasteiger partial charge < -0.3 is 19.8 Å². The van der Waals surface area contributed by atoms with Gasteiger partial charge in [-0.2, -0.15) is 5.10 Å². The smallest absolute Gasteiger partial charge is 0.274 e. The van der Waals surface area contributed by atoms with E-state index in [0.717, 1.165) is 47.4 Å². The van der Waals surface area contributed by atoms with Gasteiger partial charge in [-0.05, 0) is 25.1 Å². The molecular formula is C23H24ClN5O3. The molecule has 32 heavy (non-hydrogen) atoms. The van der Waals surface area contributed by atoms with Gasteiger partial charge in [0.15, 0.2) is 0 Å². The number of nitrogens with zero attached hydrogens (tertiary/aromatic N) is 3. The van der Waals surface area contributed by atoms with Gasteiger partial charge in [0.05, 0.1) is 46.2 Å². The molecule has 1 fully saturated rings. The molecule has 0 spiro atoms. The molecule has 5 rings (SSSR count). The molecule has 3 heterocycles. The zero-order valence-electron chi connectivity index (χ0n) is 17.7. The lowest BCUT2D eigenvalue weighted by Crippen LogP contribution is -2.30. The maximum Gasteiger partial charge on any atom is 0.274 e. The number of methoxy groups -OCH3 is 1. The third kappa shape index (κ3) is 3.97. The quantitative estimate of drug-likeness (QED) is 0.418. The Morgan fingerprint density at radius 1 is 1.22 bits per heavy atom. The number of fused-ring (bicyclic) bond motifs is 2. The van der Waals surface area contributed by atoms with E-state index >= 15 is 0 Å². The number of H-pyrrole nitrogens is 1. The highest BCUT2D eigenvalue weighted by atomic mass is 35.5. The van der Waals surface area contributed by atoms with Crippen LogP contribution in [0.2, 0.25) is 5.02 Å². The predicted molar refractivity (Wildman–Crippen MR) is 124 cm³/mol. The minimum atomic E-state index is -0.0488. The van der Waals surface area contributed by atoms with Crippen molar-refractivity contribution in [2.75, 3.05) is 33.4 Å². The molecule has 0 bridgehead atoms. The fraction of sp³-hybridized carbons (Fsp3) is 0.348. The van der Waals surface area contributed by atoms with Crippen LogP contribution in [0.15, 0.2) is 41.2 Å². The number of benzene rings is 2. The van der Waals surface area contributed by atoms with Gasteiger partial charge in [-0.25, -0.2) is 9.67 Å². The monoisotopic (exact) mass is 453 g/mol. The predicted octanol–water partition coefficient (Wildman–Crippen LogP) is 3.08. The van der Waals surface area contributed by atoms with Crippen LogP contribution in [0.3, 0.4) is 0 Å². The summed E-state index contributed by atoms with van der Waals surface area (Å²) in [5.74, 6) is 1.32. The highest BCUT2D eigenvalue weighted by Gasteiger charge is 2.21. The molecule has 0 aliphatic carbocycles. The van der Waals surface area contributed by atoms with Gasteiger partial charge in [0.25, 0.3) is 5.56 Å². The number of imidazole rings is 1. The second kappa shape index (κ2) is 8.90. The lowest BCUT2D eigenvalue weighted by molar-refractivity contribution is 0.146. The lowest BCUT2D eigenvalue weighted by Gasteiger charge is -2.15. The molecule has 0 amide bonds. The SMILES string of the molecule is COCCOc1cc2nc(Cc3nn(C4CCNC4)c(=O)c4ccccc34)[nH]c2cc1Cl. The van der Waals surface area contributed by atoms with E-state index in [2.05, 4.69) is 10.3 Å². The number of halogens is 1. The van der Waals surface area contributed by atoms with E-state index in [4.69, 9.17) is 31.2 Å². The summed E-state index contributed by atoms with van der Waals surface area (Å²) in [4.78, 5) is 21.1. The van der Waals surface area contributed by atoms with Crippen LogP contribution in [0.25, 0.3) is 21.8 Å². The minimum absolute atomic E-state index is 0.0488. The molecule has 8 nitrogen and oxygen atoms in total. The van der Waals surface area contributed by atoms with Crippen LogP contribution in [-0.4, -0.2) is 53.2 Å². The standard InChI is InChI=1S/C23H24ClN5O3/c1-31-8-9-32-21-11-20-19(10-17(21)24)26-22(27-20)12-18-15-4-2-3-5-16(15)23(30)29(28-18)14-6-7-25-13-14/h2-5,10-11,14,25H,6-9,12-13H2,1H3,(H,26,27). The average molecular weight is 454 g/mol. The van der Waals surface area contributed by atoms with Crippen LogP contribution in [0.5, 0.6) is 5.75 Å². The summed E-state index contributed by atoms with van der Waals surface area (Å²) in [5, 5.41) is 10.1. The van der Waals surface area contributed by atoms with E-state index in [0.29, 0.717) is 35.8 Å². The number of aromatic amines is 1. The number of nitrogens with one attached hydrogen (secondary N) is 2. The average Bonchev–Trinajstić information content (AvgIpc) is 3.46. The molecule has 4 aromatic rings. The van der Waals surface area contributed by atoms with E-state index in [1.165, 1.54) is 0 Å². The van der Waals surface area contributed by atoms with Gasteiger partial charge in [0.2, 0.25) is 0 Å². The van der Waals surface area contributed by atoms with Crippen molar-refractivity contribution in [3.05, 3.63) is 63.3 Å². The maximum atomic E-state index is 13.1. The van der Waals surface area contributed by atoms with Crippen molar-refractivity contribution >= 4 is 33.4 Å². The molecule has 0 saturated carbocycles. The van der Waals surface area contributed by atoms with Crippen molar-refractivity contribution in [1.29, 1.82) is 0 Å². The molecular weight excluding hydrogens is 430 g/mol. The number of hydrogen-bond acceptors (Lipinski definition) is 6. The van der Waals surface area contributed by atoms with Crippen molar-refractivity contribution in [1.82, 2.24) is 25.1 Å². The number of rotatable bonds is 7. The molecule has 0 radical (unpaired) electrons. The van der Waals surface area contributed by atoms with Crippen LogP contribution in [0.4, 0.5) is 0 Å². The number of hydrogen-bond donors (Lipinski definition) is 2. The van der Waals surface area contributed by atoms with Crippen LogP contribution in [0.1, 0.15) is 24.0 Å². The summed E-state index contributed by atoms with van der Waals surface area (Å²) in [6.45, 7) is 2.53. The molecule has 1 saturated heterocycles. The van der Waals surface area contributed by atoms with E-state index < -0.39 is 0 Å². The third-order valence-electron chi connectivity index (χ3n) is 5.75. The van der Waals surface area contributed by atoms with Crippen molar-refractivity contribution in [2.24, 2.45) is 0 Å². The van der Waals surface area contributed by atoms with Crippen molar-refractivity contribution in [3.8, 4) is 5.75 Å². The first-order chi connectivity index (χ1) is 15.6. The Morgan fingerprint density at radius 2 is 2.06 bits per heavy atom. The molecule has 166 valence electrons. The van der Waals surface area contributed by atoms with E-state index in [-0.39, 0.29) is 11.6 Å². The van der Waals surface area contributed by atoms with Crippen LogP contribution >= 0.6 is 11.6 Å². The molecule has 1 aliphatic heterocycles. The zero-order valence-corrected chi connectivity index (χ0v) is 18.5. The van der Waals surface area contributed by atoms with E-state index in [1.54, 1.807) is 11.8 Å². The van der Waals surface area contributed by atoms with Gasteiger partial charge in [0.1, 0.15) is 18.2 Å². The topological polar surface area (TPSA) is 94.1 Å². The number of aromatic nitrogens is 4. The Balaban J connectivity index is 1.52. The molecule has 1 atom stereocenters. The molecule has 9 heteroatoms. The van der Waals surface area contributed by atoms with E-state index in [1.807, 2.05) is 36.4 Å². The van der Waals surface area contributed by atoms with Crippen LogP contribution in [0, 0.1) is 0 Å². The second-order valence-corrected chi connectivity index (χ2v) is 8.30. The zero-order chi connectivity index (χ0) is 22.1. The fourth-order valence-electron chi connectivity index (χ4n) is 4.15. The fourth-order valence-corrected chi connectivity index (χ4v) is 4.37. The highest BCUT2D eigenvalue weighted by Crippen LogP contribution is 2.30. The Hall–Kier alpha value is -2.94. The highest BCUT2D eigenvalue weighted by molar-refractivity contribution is 6.32.